The van der Waals surface area contributed by atoms with Gasteiger partial charge in [0.1, 0.15) is 0 Å². The molecule has 0 aliphatic carbocycles. The second-order valence-corrected chi connectivity index (χ2v) is 4.84. The van der Waals surface area contributed by atoms with Crippen LogP contribution in [0.1, 0.15) is 0 Å². The van der Waals surface area contributed by atoms with Crippen molar-refractivity contribution in [2.24, 2.45) is 0 Å². The summed E-state index contributed by atoms with van der Waals surface area (Å²) in [5, 5.41) is 10.9. The first kappa shape index (κ1) is 28.8. The van der Waals surface area contributed by atoms with E-state index in [0.717, 1.165) is 0 Å². The van der Waals surface area contributed by atoms with E-state index in [1.807, 2.05) is 0 Å². The van der Waals surface area contributed by atoms with Gasteiger partial charge in [-0.15, -0.1) is 0 Å². The molecule has 0 radical (unpaired) electrons. The Morgan fingerprint density at radius 2 is 0.667 bits per heavy atom. The minimum Gasteiger partial charge on any atom is -0.556 e. The van der Waals surface area contributed by atoms with Gasteiger partial charge in [-0.1, -0.05) is 0 Å². The van der Waals surface area contributed by atoms with Crippen molar-refractivity contribution in [2.45, 2.75) is 11.0 Å². The largest absolute Gasteiger partial charge is 1.00 e. The number of nitrogens with one attached hydrogen (secondary N) is 2. The fourth-order valence-corrected chi connectivity index (χ4v) is 0. The normalized spacial score (nSPS) is 12.4. The fourth-order valence-electron chi connectivity index (χ4n) is 0. The summed E-state index contributed by atoms with van der Waals surface area (Å²) in [6.07, 6.45) is 0. The van der Waals surface area contributed by atoms with E-state index in [9.17, 15) is 43.2 Å². The molecule has 0 bridgehead atoms. The maximum Gasteiger partial charge on any atom is 1.00 e. The number of sulfonamides is 2. The molecule has 0 rings (SSSR count). The van der Waals surface area contributed by atoms with Crippen LogP contribution in [0.2, 0.25) is 0 Å². The Kier molecular flexibility index (Phi) is 15.4. The maximum atomic E-state index is 10.8. The summed E-state index contributed by atoms with van der Waals surface area (Å²) in [5.41, 5.74) is -10.8. The summed E-state index contributed by atoms with van der Waals surface area (Å²) < 4.78 is 102. The predicted octanol–water partition coefficient (Wildman–Crippen LogP) is -4.22. The Morgan fingerprint density at radius 1 is 0.611 bits per heavy atom. The van der Waals surface area contributed by atoms with Crippen LogP contribution in [-0.4, -0.2) is 27.9 Å². The van der Waals surface area contributed by atoms with Crippen LogP contribution in [0.3, 0.4) is 0 Å². The summed E-state index contributed by atoms with van der Waals surface area (Å²) >= 11 is 0. The molecule has 0 amide bonds. The Balaban J connectivity index is -0.0000000980. The smallest absolute Gasteiger partial charge is 0.556 e. The molecule has 0 saturated heterocycles. The van der Waals surface area contributed by atoms with Crippen molar-refractivity contribution in [2.75, 3.05) is 0 Å². The zero-order chi connectivity index (χ0) is 14.0. The molecule has 0 saturated carbocycles. The summed E-state index contributed by atoms with van der Waals surface area (Å²) in [6.45, 7) is 0. The Morgan fingerprint density at radius 3 is 0.667 bits per heavy atom. The fraction of sp³-hybridized carbons (Fsp3) is 1.00. The first-order chi connectivity index (χ1) is 6.50. The average Bonchev–Trinajstić information content (AvgIpc) is 1.77. The van der Waals surface area contributed by atoms with Crippen molar-refractivity contribution in [3.63, 3.8) is 0 Å². The molecule has 0 spiro atoms. The van der Waals surface area contributed by atoms with Gasteiger partial charge in [-0.3, -0.25) is 0 Å². The first-order valence-corrected chi connectivity index (χ1v) is 5.58. The van der Waals surface area contributed by atoms with Crippen LogP contribution in [-0.2, 0) is 20.0 Å². The number of alkyl halides is 6. The van der Waals surface area contributed by atoms with Gasteiger partial charge in [0.05, 0.1) is 0 Å². The molecule has 18 heavy (non-hydrogen) atoms. The average molecular weight is 374 g/mol. The van der Waals surface area contributed by atoms with Crippen LogP contribution in [0.5, 0.6) is 0 Å². The van der Waals surface area contributed by atoms with E-state index in [0.29, 0.717) is 0 Å². The van der Waals surface area contributed by atoms with Crippen molar-refractivity contribution in [3.8, 4) is 0 Å². The third-order valence-electron chi connectivity index (χ3n) is 0.609. The summed E-state index contributed by atoms with van der Waals surface area (Å²) in [6, 6.07) is 0. The molecular formula is C2H2F6K2N2O4S2. The number of halogens is 6. The zero-order valence-corrected chi connectivity index (χ0v) is 16.6. The Bertz CT molecular complexity index is 383. The van der Waals surface area contributed by atoms with Crippen molar-refractivity contribution in [1.82, 2.24) is 0 Å². The third kappa shape index (κ3) is 13.6. The van der Waals surface area contributed by atoms with Gasteiger partial charge in [0, 0.05) is 0 Å². The van der Waals surface area contributed by atoms with E-state index in [4.69, 9.17) is 10.3 Å². The Hall–Kier alpha value is 2.67. The molecule has 0 aliphatic heterocycles. The maximum absolute atomic E-state index is 10.8. The molecule has 2 N–H and O–H groups in total. The van der Waals surface area contributed by atoms with Crippen molar-refractivity contribution in [3.05, 3.63) is 10.3 Å². The van der Waals surface area contributed by atoms with Gasteiger partial charge in [-0.2, -0.15) is 26.3 Å². The molecule has 0 aliphatic rings. The van der Waals surface area contributed by atoms with Crippen LogP contribution < -0.4 is 103 Å². The van der Waals surface area contributed by atoms with E-state index >= 15 is 0 Å². The second kappa shape index (κ2) is 9.64. The van der Waals surface area contributed by atoms with Gasteiger partial charge >= 0.3 is 114 Å². The SMILES string of the molecule is [K+].[K+].[NH-]S(=O)(=O)C(F)(F)F.[NH-]S(=O)(=O)C(F)(F)F. The van der Waals surface area contributed by atoms with Gasteiger partial charge in [0.2, 0.25) is 0 Å². The number of hydrogen-bond donors (Lipinski definition) is 0. The zero-order valence-electron chi connectivity index (χ0n) is 8.72. The molecule has 0 fully saturated rings. The minimum atomic E-state index is -5.59. The molecule has 0 unspecified atom stereocenters. The second-order valence-electron chi connectivity index (χ2n) is 1.90. The number of hydrogen-bond acceptors (Lipinski definition) is 4. The van der Waals surface area contributed by atoms with E-state index in [1.165, 1.54) is 0 Å². The molecule has 0 atom stereocenters. The van der Waals surface area contributed by atoms with Gasteiger partial charge in [-0.05, 0) is 0 Å². The van der Waals surface area contributed by atoms with Crippen LogP contribution in [0.4, 0.5) is 26.3 Å². The Labute approximate surface area is 183 Å². The van der Waals surface area contributed by atoms with E-state index < -0.39 is 31.1 Å². The van der Waals surface area contributed by atoms with Gasteiger partial charge in [0.25, 0.3) is 0 Å². The van der Waals surface area contributed by atoms with E-state index in [1.54, 1.807) is 0 Å². The molecule has 0 heterocycles. The topological polar surface area (TPSA) is 116 Å². The molecule has 0 aromatic carbocycles. The van der Waals surface area contributed by atoms with Crippen LogP contribution in [0, 0.1) is 0 Å². The number of rotatable bonds is 0. The summed E-state index contributed by atoms with van der Waals surface area (Å²) in [5.74, 6) is 0. The molecule has 0 aromatic heterocycles. The van der Waals surface area contributed by atoms with Crippen LogP contribution in [0.15, 0.2) is 0 Å². The molecule has 100 valence electrons. The van der Waals surface area contributed by atoms with E-state index in [2.05, 4.69) is 0 Å². The van der Waals surface area contributed by atoms with Gasteiger partial charge in [-0.25, -0.2) is 16.8 Å². The van der Waals surface area contributed by atoms with Crippen molar-refractivity contribution < 1.29 is 146 Å². The third-order valence-corrected chi connectivity index (χ3v) is 1.83. The summed E-state index contributed by atoms with van der Waals surface area (Å²) in [7, 11) is -11.2. The standard InChI is InChI=1S/2CHF3NO2S.2K/c2*2-1(3,4)8(5,6)7;;/h2*(H-,5,6,7);;/q2*-1;2*+1. The summed E-state index contributed by atoms with van der Waals surface area (Å²) in [4.78, 5) is 0. The molecular weight excluding hydrogens is 372 g/mol. The van der Waals surface area contributed by atoms with Crippen molar-refractivity contribution in [1.29, 1.82) is 0 Å². The van der Waals surface area contributed by atoms with Crippen LogP contribution in [0.25, 0.3) is 10.3 Å². The van der Waals surface area contributed by atoms with Gasteiger partial charge in [0.15, 0.2) is 20.0 Å². The first-order valence-electron chi connectivity index (χ1n) is 2.62. The van der Waals surface area contributed by atoms with E-state index in [-0.39, 0.29) is 103 Å². The minimum absolute atomic E-state index is 0. The molecule has 0 aromatic rings. The predicted molar refractivity (Wildman–Crippen MR) is 38.6 cm³/mol. The van der Waals surface area contributed by atoms with Crippen molar-refractivity contribution >= 4 is 20.0 Å². The van der Waals surface area contributed by atoms with Gasteiger partial charge < -0.3 is 10.3 Å². The molecule has 6 nitrogen and oxygen atoms in total. The monoisotopic (exact) mass is 374 g/mol. The van der Waals surface area contributed by atoms with Crippen LogP contribution >= 0.6 is 0 Å². The quantitative estimate of drug-likeness (QED) is 0.316. The molecule has 16 heteroatoms.